The summed E-state index contributed by atoms with van der Waals surface area (Å²) in [5, 5.41) is 0. The summed E-state index contributed by atoms with van der Waals surface area (Å²) in [6.07, 6.45) is 0.324. The van der Waals surface area contributed by atoms with Crippen molar-refractivity contribution in [3.63, 3.8) is 0 Å². The molecule has 0 saturated carbocycles. The first kappa shape index (κ1) is 12.4. The third-order valence-corrected chi connectivity index (χ3v) is 4.04. The molecule has 94 valence electrons. The summed E-state index contributed by atoms with van der Waals surface area (Å²) in [6, 6.07) is 3.54. The van der Waals surface area contributed by atoms with Crippen LogP contribution in [0.3, 0.4) is 0 Å². The van der Waals surface area contributed by atoms with Gasteiger partial charge >= 0.3 is 0 Å². The molecule has 1 aromatic rings. The van der Waals surface area contributed by atoms with E-state index in [1.165, 1.54) is 10.4 Å². The van der Waals surface area contributed by atoms with Crippen LogP contribution in [0, 0.1) is 11.6 Å². The van der Waals surface area contributed by atoms with Gasteiger partial charge in [-0.1, -0.05) is 6.07 Å². The van der Waals surface area contributed by atoms with Gasteiger partial charge in [-0.3, -0.25) is 0 Å². The van der Waals surface area contributed by atoms with Crippen LogP contribution in [0.2, 0.25) is 0 Å². The molecular formula is C10H12F2N2O2S. The second kappa shape index (κ2) is 4.67. The summed E-state index contributed by atoms with van der Waals surface area (Å²) in [5.74, 6) is -1.82. The number of benzene rings is 1. The molecule has 7 heteroatoms. The Kier molecular flexibility index (Phi) is 3.41. The van der Waals surface area contributed by atoms with Gasteiger partial charge in [0, 0.05) is 19.6 Å². The van der Waals surface area contributed by atoms with Crippen LogP contribution in [-0.4, -0.2) is 32.4 Å². The minimum absolute atomic E-state index is 0.171. The molecule has 1 heterocycles. The number of rotatable bonds is 5. The second-order valence-corrected chi connectivity index (χ2v) is 5.55. The average Bonchev–Trinajstić information content (AvgIpc) is 3.07. The topological polar surface area (TPSA) is 49.2 Å². The van der Waals surface area contributed by atoms with Crippen LogP contribution in [0.5, 0.6) is 0 Å². The van der Waals surface area contributed by atoms with E-state index in [4.69, 9.17) is 0 Å². The first-order valence-electron chi connectivity index (χ1n) is 5.18. The van der Waals surface area contributed by atoms with E-state index in [1.54, 1.807) is 0 Å². The lowest BCUT2D eigenvalue weighted by atomic mass is 10.1. The minimum Gasteiger partial charge on any atom is -0.204 e. The van der Waals surface area contributed by atoms with Crippen molar-refractivity contribution < 1.29 is 17.2 Å². The zero-order chi connectivity index (χ0) is 12.5. The van der Waals surface area contributed by atoms with E-state index in [2.05, 4.69) is 4.72 Å². The molecule has 0 bridgehead atoms. The van der Waals surface area contributed by atoms with Gasteiger partial charge in [-0.2, -0.15) is 12.7 Å². The highest BCUT2D eigenvalue weighted by molar-refractivity contribution is 7.87. The van der Waals surface area contributed by atoms with Gasteiger partial charge in [0.15, 0.2) is 11.6 Å². The molecule has 1 saturated heterocycles. The zero-order valence-corrected chi connectivity index (χ0v) is 9.80. The van der Waals surface area contributed by atoms with Gasteiger partial charge in [-0.05, 0) is 24.1 Å². The van der Waals surface area contributed by atoms with Gasteiger partial charge in [-0.25, -0.2) is 13.5 Å². The molecular weight excluding hydrogens is 250 g/mol. The van der Waals surface area contributed by atoms with E-state index in [9.17, 15) is 17.2 Å². The van der Waals surface area contributed by atoms with Crippen LogP contribution in [0.1, 0.15) is 5.56 Å². The van der Waals surface area contributed by atoms with E-state index in [0.717, 1.165) is 12.1 Å². The van der Waals surface area contributed by atoms with Gasteiger partial charge in [0.25, 0.3) is 10.2 Å². The fraction of sp³-hybridized carbons (Fsp3) is 0.400. The van der Waals surface area contributed by atoms with Crippen LogP contribution < -0.4 is 4.72 Å². The SMILES string of the molecule is O=S(=O)(NCCc1ccc(F)c(F)c1)N1CC1. The second-order valence-electron chi connectivity index (χ2n) is 3.80. The Morgan fingerprint density at radius 1 is 1.24 bits per heavy atom. The molecule has 17 heavy (non-hydrogen) atoms. The third kappa shape index (κ3) is 3.21. The smallest absolute Gasteiger partial charge is 0.204 e. The van der Waals surface area contributed by atoms with Crippen molar-refractivity contribution in [3.05, 3.63) is 35.4 Å². The lowest BCUT2D eigenvalue weighted by Gasteiger charge is -2.06. The lowest BCUT2D eigenvalue weighted by Crippen LogP contribution is -2.31. The maximum absolute atomic E-state index is 12.9. The van der Waals surface area contributed by atoms with E-state index in [1.807, 2.05) is 0 Å². The Hall–Kier alpha value is -1.05. The summed E-state index contributed by atoms with van der Waals surface area (Å²) in [4.78, 5) is 0. The van der Waals surface area contributed by atoms with Crippen LogP contribution >= 0.6 is 0 Å². The summed E-state index contributed by atoms with van der Waals surface area (Å²) >= 11 is 0. The van der Waals surface area contributed by atoms with Gasteiger partial charge in [0.2, 0.25) is 0 Å². The molecule has 0 spiro atoms. The largest absolute Gasteiger partial charge is 0.279 e. The van der Waals surface area contributed by atoms with Crippen LogP contribution in [0.25, 0.3) is 0 Å². The van der Waals surface area contributed by atoms with Gasteiger partial charge in [0.05, 0.1) is 0 Å². The Morgan fingerprint density at radius 3 is 2.53 bits per heavy atom. The Morgan fingerprint density at radius 2 is 1.94 bits per heavy atom. The molecule has 4 nitrogen and oxygen atoms in total. The molecule has 0 aliphatic carbocycles. The number of hydrogen-bond acceptors (Lipinski definition) is 2. The van der Waals surface area contributed by atoms with E-state index < -0.39 is 21.8 Å². The van der Waals surface area contributed by atoms with Crippen molar-refractivity contribution in [2.45, 2.75) is 6.42 Å². The number of hydrogen-bond donors (Lipinski definition) is 1. The maximum atomic E-state index is 12.9. The van der Waals surface area contributed by atoms with Crippen molar-refractivity contribution in [2.24, 2.45) is 0 Å². The molecule has 1 N–H and O–H groups in total. The van der Waals surface area contributed by atoms with Crippen molar-refractivity contribution in [3.8, 4) is 0 Å². The van der Waals surface area contributed by atoms with E-state index >= 15 is 0 Å². The molecule has 1 aliphatic rings. The van der Waals surface area contributed by atoms with Gasteiger partial charge in [-0.15, -0.1) is 0 Å². The quantitative estimate of drug-likeness (QED) is 0.792. The Bertz CT molecular complexity index is 515. The monoisotopic (exact) mass is 262 g/mol. The molecule has 0 unspecified atom stereocenters. The van der Waals surface area contributed by atoms with Crippen molar-refractivity contribution >= 4 is 10.2 Å². The van der Waals surface area contributed by atoms with Gasteiger partial charge in [0.1, 0.15) is 0 Å². The molecule has 0 atom stereocenters. The summed E-state index contributed by atoms with van der Waals surface area (Å²) in [5.41, 5.74) is 0.553. The molecule has 0 aromatic heterocycles. The average molecular weight is 262 g/mol. The standard InChI is InChI=1S/C10H12F2N2O2S/c11-9-2-1-8(7-10(9)12)3-4-13-17(15,16)14-5-6-14/h1-2,7,13H,3-6H2. The number of nitrogens with zero attached hydrogens (tertiary/aromatic N) is 1. The third-order valence-electron chi connectivity index (χ3n) is 2.43. The van der Waals surface area contributed by atoms with Crippen LogP contribution in [0.4, 0.5) is 8.78 Å². The molecule has 0 amide bonds. The van der Waals surface area contributed by atoms with Crippen molar-refractivity contribution in [1.82, 2.24) is 9.03 Å². The summed E-state index contributed by atoms with van der Waals surface area (Å²) in [6.45, 7) is 1.25. The predicted molar refractivity (Wildman–Crippen MR) is 58.6 cm³/mol. The minimum atomic E-state index is -3.36. The van der Waals surface area contributed by atoms with Crippen molar-refractivity contribution in [2.75, 3.05) is 19.6 Å². The van der Waals surface area contributed by atoms with Crippen LogP contribution in [0.15, 0.2) is 18.2 Å². The fourth-order valence-electron chi connectivity index (χ4n) is 1.39. The van der Waals surface area contributed by atoms with Gasteiger partial charge < -0.3 is 0 Å². The first-order valence-corrected chi connectivity index (χ1v) is 6.62. The van der Waals surface area contributed by atoms with Crippen LogP contribution in [-0.2, 0) is 16.6 Å². The maximum Gasteiger partial charge on any atom is 0.279 e. The summed E-state index contributed by atoms with van der Waals surface area (Å²) < 4.78 is 51.9. The highest BCUT2D eigenvalue weighted by Crippen LogP contribution is 2.11. The lowest BCUT2D eigenvalue weighted by molar-refractivity contribution is 0.506. The predicted octanol–water partition coefficient (Wildman–Crippen LogP) is 0.657. The molecule has 1 aliphatic heterocycles. The normalized spacial score (nSPS) is 16.1. The molecule has 1 fully saturated rings. The summed E-state index contributed by atoms with van der Waals surface area (Å²) in [7, 11) is -3.36. The Balaban J connectivity index is 1.87. The Labute approximate surface area is 98.4 Å². The van der Waals surface area contributed by atoms with E-state index in [-0.39, 0.29) is 6.54 Å². The highest BCUT2D eigenvalue weighted by atomic mass is 32.2. The molecule has 1 aromatic carbocycles. The number of halogens is 2. The van der Waals surface area contributed by atoms with Crippen molar-refractivity contribution in [1.29, 1.82) is 0 Å². The molecule has 2 rings (SSSR count). The fourth-order valence-corrected chi connectivity index (χ4v) is 2.50. The number of nitrogens with one attached hydrogen (secondary N) is 1. The highest BCUT2D eigenvalue weighted by Gasteiger charge is 2.30. The molecule has 0 radical (unpaired) electrons. The first-order chi connectivity index (χ1) is 7.99. The van der Waals surface area contributed by atoms with E-state index in [0.29, 0.717) is 25.1 Å². The zero-order valence-electron chi connectivity index (χ0n) is 8.99.